The molecule has 216 valence electrons. The van der Waals surface area contributed by atoms with Crippen LogP contribution in [0.2, 0.25) is 0 Å². The number of likely N-dealkylation sites (tertiary alicyclic amines) is 1. The molecule has 0 saturated carbocycles. The van der Waals surface area contributed by atoms with Gasteiger partial charge in [0.15, 0.2) is 0 Å². The van der Waals surface area contributed by atoms with Crippen molar-refractivity contribution in [1.29, 1.82) is 0 Å². The molecule has 1 aliphatic heterocycles. The van der Waals surface area contributed by atoms with E-state index in [1.165, 1.54) is 17.0 Å². The number of benzene rings is 2. The highest BCUT2D eigenvalue weighted by atomic mass is 35.5. The zero-order valence-electron chi connectivity index (χ0n) is 20.8. The number of alkyl halides is 6. The summed E-state index contributed by atoms with van der Waals surface area (Å²) in [4.78, 5) is 26.7. The molecule has 2 atom stereocenters. The third kappa shape index (κ3) is 8.46. The van der Waals surface area contributed by atoms with Crippen molar-refractivity contribution in [2.75, 3.05) is 13.1 Å². The number of hydrogen-bond donors (Lipinski definition) is 3. The monoisotopic (exact) mass is 584 g/mol. The number of nitrogens with two attached hydrogens (primary N) is 1. The van der Waals surface area contributed by atoms with E-state index in [0.717, 1.165) is 6.42 Å². The number of nitrogens with one attached hydrogen (secondary N) is 2. The Labute approximate surface area is 226 Å². The molecule has 0 aliphatic carbocycles. The molecule has 1 saturated heterocycles. The maximum atomic E-state index is 13.6. The maximum absolute atomic E-state index is 13.6. The average Bonchev–Trinajstić information content (AvgIpc) is 2.82. The molecule has 2 aromatic rings. The van der Waals surface area contributed by atoms with Gasteiger partial charge in [0.1, 0.15) is 12.0 Å². The Morgan fingerprint density at radius 3 is 2.15 bits per heavy atom. The summed E-state index contributed by atoms with van der Waals surface area (Å²) in [7, 11) is 0. The molecule has 4 N–H and O–H groups in total. The Kier molecular flexibility index (Phi) is 10.6. The van der Waals surface area contributed by atoms with E-state index in [9.17, 15) is 40.3 Å². The standard InChI is InChI=1S/C25H27F7N4O2.ClH/c1-14-8-18(26)5-6-19(14)20-4-2-3-7-36(20)23(38)35-21(34-22(37)13-33)11-15-9-16(24(27,28)29)12-17(10-15)25(30,31)32;/h5-6,8-10,12,20-21H,2-4,7,11,13,33H2,1H3,(H,34,37)(H,35,38);1H. The molecule has 2 aromatic carbocycles. The van der Waals surface area contributed by atoms with Gasteiger partial charge in [0.05, 0.1) is 23.7 Å². The molecule has 1 heterocycles. The van der Waals surface area contributed by atoms with E-state index in [0.29, 0.717) is 42.6 Å². The normalized spacial score (nSPS) is 16.7. The SMILES string of the molecule is Cc1cc(F)ccc1C1CCCCN1C(=O)NC(Cc1cc(C(F)(F)F)cc(C(F)(F)F)c1)NC(=O)CN.Cl. The molecule has 1 fully saturated rings. The van der Waals surface area contributed by atoms with Gasteiger partial charge in [-0.1, -0.05) is 6.07 Å². The van der Waals surface area contributed by atoms with Crippen molar-refractivity contribution in [3.63, 3.8) is 0 Å². The molecule has 14 heteroatoms. The molecule has 2 unspecified atom stereocenters. The van der Waals surface area contributed by atoms with Crippen molar-refractivity contribution in [3.05, 3.63) is 70.0 Å². The van der Waals surface area contributed by atoms with Crippen LogP contribution in [0.3, 0.4) is 0 Å². The van der Waals surface area contributed by atoms with Gasteiger partial charge in [0.25, 0.3) is 0 Å². The molecule has 0 spiro atoms. The number of hydrogen-bond acceptors (Lipinski definition) is 3. The van der Waals surface area contributed by atoms with Crippen LogP contribution in [0.4, 0.5) is 35.5 Å². The number of halogens is 8. The Balaban J connectivity index is 0.00000533. The number of urea groups is 1. The minimum Gasteiger partial charge on any atom is -0.335 e. The van der Waals surface area contributed by atoms with Gasteiger partial charge in [0.2, 0.25) is 5.91 Å². The van der Waals surface area contributed by atoms with E-state index < -0.39 is 72.0 Å². The average molecular weight is 585 g/mol. The summed E-state index contributed by atoms with van der Waals surface area (Å²) in [5.41, 5.74) is 3.21. The largest absolute Gasteiger partial charge is 0.416 e. The molecule has 0 radical (unpaired) electrons. The summed E-state index contributed by atoms with van der Waals surface area (Å²) in [6, 6.07) is 4.10. The van der Waals surface area contributed by atoms with Gasteiger partial charge >= 0.3 is 18.4 Å². The Morgan fingerprint density at radius 1 is 1.00 bits per heavy atom. The second kappa shape index (κ2) is 12.9. The zero-order chi connectivity index (χ0) is 28.3. The molecule has 0 aromatic heterocycles. The minimum atomic E-state index is -5.05. The van der Waals surface area contributed by atoms with Gasteiger partial charge in [-0.2, -0.15) is 26.3 Å². The van der Waals surface area contributed by atoms with Gasteiger partial charge in [0, 0.05) is 13.0 Å². The van der Waals surface area contributed by atoms with Gasteiger partial charge in [-0.15, -0.1) is 12.4 Å². The smallest absolute Gasteiger partial charge is 0.335 e. The van der Waals surface area contributed by atoms with Crippen LogP contribution >= 0.6 is 12.4 Å². The number of amides is 3. The zero-order valence-corrected chi connectivity index (χ0v) is 21.6. The predicted octanol–water partition coefficient (Wildman–Crippen LogP) is 5.47. The number of carbonyl (C=O) groups excluding carboxylic acids is 2. The summed E-state index contributed by atoms with van der Waals surface area (Å²) < 4.78 is 93.4. The summed E-state index contributed by atoms with van der Waals surface area (Å²) in [6.45, 7) is 1.47. The second-order valence-electron chi connectivity index (χ2n) is 9.10. The van der Waals surface area contributed by atoms with Gasteiger partial charge < -0.3 is 21.3 Å². The van der Waals surface area contributed by atoms with E-state index in [1.807, 2.05) is 0 Å². The number of rotatable bonds is 6. The van der Waals surface area contributed by atoms with Crippen LogP contribution in [-0.2, 0) is 23.6 Å². The number of piperidine rings is 1. The van der Waals surface area contributed by atoms with Crippen LogP contribution in [0.5, 0.6) is 0 Å². The fourth-order valence-electron chi connectivity index (χ4n) is 4.51. The first-order chi connectivity index (χ1) is 17.7. The van der Waals surface area contributed by atoms with Crippen molar-refractivity contribution in [2.45, 2.75) is 57.2 Å². The lowest BCUT2D eigenvalue weighted by atomic mass is 9.92. The van der Waals surface area contributed by atoms with Gasteiger partial charge in [-0.3, -0.25) is 4.79 Å². The quantitative estimate of drug-likeness (QED) is 0.311. The lowest BCUT2D eigenvalue weighted by molar-refractivity contribution is -0.143. The number of nitrogens with zero attached hydrogens (tertiary/aromatic N) is 1. The molecule has 1 aliphatic rings. The number of carbonyl (C=O) groups is 2. The van der Waals surface area contributed by atoms with Gasteiger partial charge in [-0.05, 0) is 73.2 Å². The predicted molar refractivity (Wildman–Crippen MR) is 131 cm³/mol. The third-order valence-electron chi connectivity index (χ3n) is 6.26. The Morgan fingerprint density at radius 2 is 1.62 bits per heavy atom. The lowest BCUT2D eigenvalue weighted by Crippen LogP contribution is -2.55. The number of aryl methyl sites for hydroxylation is 1. The molecule has 0 bridgehead atoms. The molecular formula is C25H28ClF7N4O2. The van der Waals surface area contributed by atoms with Crippen LogP contribution in [0, 0.1) is 12.7 Å². The van der Waals surface area contributed by atoms with E-state index in [1.54, 1.807) is 13.0 Å². The lowest BCUT2D eigenvalue weighted by Gasteiger charge is -2.37. The second-order valence-corrected chi connectivity index (χ2v) is 9.10. The van der Waals surface area contributed by atoms with E-state index in [4.69, 9.17) is 5.73 Å². The molecule has 6 nitrogen and oxygen atoms in total. The third-order valence-corrected chi connectivity index (χ3v) is 6.26. The Bertz CT molecular complexity index is 1140. The van der Waals surface area contributed by atoms with Crippen LogP contribution in [0.1, 0.15) is 53.1 Å². The highest BCUT2D eigenvalue weighted by Gasteiger charge is 2.37. The summed E-state index contributed by atoms with van der Waals surface area (Å²) in [6.07, 6.45) is -10.1. The summed E-state index contributed by atoms with van der Waals surface area (Å²) in [5, 5.41) is 4.85. The van der Waals surface area contributed by atoms with Gasteiger partial charge in [-0.25, -0.2) is 9.18 Å². The topological polar surface area (TPSA) is 87.5 Å². The van der Waals surface area contributed by atoms with Crippen LogP contribution in [0.15, 0.2) is 36.4 Å². The summed E-state index contributed by atoms with van der Waals surface area (Å²) >= 11 is 0. The van der Waals surface area contributed by atoms with E-state index in [-0.39, 0.29) is 18.5 Å². The van der Waals surface area contributed by atoms with Crippen molar-refractivity contribution >= 4 is 24.3 Å². The van der Waals surface area contributed by atoms with E-state index in [2.05, 4.69) is 10.6 Å². The molecule has 39 heavy (non-hydrogen) atoms. The molecule has 3 rings (SSSR count). The van der Waals surface area contributed by atoms with E-state index >= 15 is 0 Å². The highest BCUT2D eigenvalue weighted by molar-refractivity contribution is 5.85. The van der Waals surface area contributed by atoms with Crippen molar-refractivity contribution in [3.8, 4) is 0 Å². The molecule has 3 amide bonds. The minimum absolute atomic E-state index is 0. The maximum Gasteiger partial charge on any atom is 0.416 e. The van der Waals surface area contributed by atoms with Crippen LogP contribution < -0.4 is 16.4 Å². The Hall–Kier alpha value is -3.06. The van der Waals surface area contributed by atoms with Crippen molar-refractivity contribution in [1.82, 2.24) is 15.5 Å². The summed E-state index contributed by atoms with van der Waals surface area (Å²) in [5.74, 6) is -1.22. The molecular weight excluding hydrogens is 557 g/mol. The van der Waals surface area contributed by atoms with Crippen molar-refractivity contribution < 1.29 is 40.3 Å². The van der Waals surface area contributed by atoms with Crippen LogP contribution in [-0.4, -0.2) is 36.1 Å². The van der Waals surface area contributed by atoms with Crippen LogP contribution in [0.25, 0.3) is 0 Å². The van der Waals surface area contributed by atoms with Crippen molar-refractivity contribution in [2.24, 2.45) is 5.73 Å². The first-order valence-electron chi connectivity index (χ1n) is 11.8. The fourth-order valence-corrected chi connectivity index (χ4v) is 4.51. The fraction of sp³-hybridized carbons (Fsp3) is 0.440. The highest BCUT2D eigenvalue weighted by Crippen LogP contribution is 2.37. The first-order valence-corrected chi connectivity index (χ1v) is 11.8. The first kappa shape index (κ1) is 32.2.